The van der Waals surface area contributed by atoms with Gasteiger partial charge in [-0.2, -0.15) is 0 Å². The number of carboxylic acids is 1. The second-order valence-corrected chi connectivity index (χ2v) is 4.26. The first kappa shape index (κ1) is 17.9. The lowest BCUT2D eigenvalue weighted by molar-refractivity contribution is -0.136. The third-order valence-electron chi connectivity index (χ3n) is 2.58. The fourth-order valence-electron chi connectivity index (χ4n) is 1.59. The molecule has 1 saturated heterocycles. The summed E-state index contributed by atoms with van der Waals surface area (Å²) >= 11 is 0. The van der Waals surface area contributed by atoms with E-state index in [0.717, 1.165) is 25.3 Å². The Morgan fingerprint density at radius 1 is 1.42 bits per heavy atom. The molecular formula is C14H22ClNO3. The zero-order chi connectivity index (χ0) is 13.2. The molecule has 1 fully saturated rings. The number of hydrogen-bond donors (Lipinski definition) is 2. The van der Waals surface area contributed by atoms with E-state index in [1.165, 1.54) is 0 Å². The molecule has 2 N–H and O–H groups in total. The molecule has 1 aliphatic rings. The summed E-state index contributed by atoms with van der Waals surface area (Å²) in [5.74, 6) is -0.742. The van der Waals surface area contributed by atoms with Crippen LogP contribution in [0.5, 0.6) is 0 Å². The van der Waals surface area contributed by atoms with Gasteiger partial charge in [0.2, 0.25) is 0 Å². The lowest BCUT2D eigenvalue weighted by Gasteiger charge is -2.18. The Labute approximate surface area is 120 Å². The molecule has 0 bridgehead atoms. The zero-order valence-electron chi connectivity index (χ0n) is 11.2. The van der Waals surface area contributed by atoms with E-state index < -0.39 is 5.97 Å². The Kier molecular flexibility index (Phi) is 10.2. The molecule has 1 atom stereocenters. The van der Waals surface area contributed by atoms with Crippen LogP contribution in [0, 0.1) is 0 Å². The molecule has 2 rings (SSSR count). The number of carbonyl (C=O) groups is 1. The van der Waals surface area contributed by atoms with Crippen molar-refractivity contribution in [1.82, 2.24) is 5.32 Å². The van der Waals surface area contributed by atoms with Crippen LogP contribution in [0.1, 0.15) is 18.9 Å². The van der Waals surface area contributed by atoms with Gasteiger partial charge in [0.15, 0.2) is 0 Å². The number of halogens is 1. The number of aryl methyl sites for hydroxylation is 1. The molecule has 1 aliphatic heterocycles. The molecule has 0 radical (unpaired) electrons. The summed E-state index contributed by atoms with van der Waals surface area (Å²) in [5, 5.41) is 11.6. The van der Waals surface area contributed by atoms with Crippen LogP contribution in [0.3, 0.4) is 0 Å². The average Bonchev–Trinajstić information content (AvgIpc) is 2.39. The van der Waals surface area contributed by atoms with Gasteiger partial charge in [0.1, 0.15) is 0 Å². The van der Waals surface area contributed by atoms with Crippen molar-refractivity contribution in [1.29, 1.82) is 0 Å². The second-order valence-electron chi connectivity index (χ2n) is 4.26. The van der Waals surface area contributed by atoms with E-state index in [2.05, 4.69) is 12.2 Å². The van der Waals surface area contributed by atoms with E-state index in [1.54, 1.807) is 0 Å². The quantitative estimate of drug-likeness (QED) is 0.894. The van der Waals surface area contributed by atoms with Gasteiger partial charge in [-0.15, -0.1) is 12.4 Å². The number of ether oxygens (including phenoxy) is 1. The Morgan fingerprint density at radius 2 is 2.11 bits per heavy atom. The van der Waals surface area contributed by atoms with Crippen LogP contribution in [0.25, 0.3) is 0 Å². The van der Waals surface area contributed by atoms with Crippen LogP contribution < -0.4 is 5.32 Å². The van der Waals surface area contributed by atoms with Gasteiger partial charge in [-0.1, -0.05) is 30.3 Å². The lowest BCUT2D eigenvalue weighted by atomic mass is 10.1. The summed E-state index contributed by atoms with van der Waals surface area (Å²) in [5.41, 5.74) is 1.08. The fraction of sp³-hybridized carbons (Fsp3) is 0.500. The second kappa shape index (κ2) is 10.8. The fourth-order valence-corrected chi connectivity index (χ4v) is 1.59. The highest BCUT2D eigenvalue weighted by atomic mass is 35.5. The maximum Gasteiger partial charge on any atom is 0.303 e. The molecule has 19 heavy (non-hydrogen) atoms. The minimum atomic E-state index is -0.742. The molecular weight excluding hydrogens is 266 g/mol. The monoisotopic (exact) mass is 287 g/mol. The molecule has 108 valence electrons. The Balaban J connectivity index is 0.000000352. The third-order valence-corrected chi connectivity index (χ3v) is 2.58. The van der Waals surface area contributed by atoms with Crippen molar-refractivity contribution in [3.8, 4) is 0 Å². The first-order chi connectivity index (χ1) is 8.68. The van der Waals surface area contributed by atoms with Crippen molar-refractivity contribution in [2.45, 2.75) is 25.9 Å². The smallest absolute Gasteiger partial charge is 0.303 e. The predicted molar refractivity (Wildman–Crippen MR) is 77.9 cm³/mol. The topological polar surface area (TPSA) is 58.6 Å². The van der Waals surface area contributed by atoms with Crippen molar-refractivity contribution in [2.75, 3.05) is 19.7 Å². The van der Waals surface area contributed by atoms with Crippen molar-refractivity contribution in [2.24, 2.45) is 0 Å². The summed E-state index contributed by atoms with van der Waals surface area (Å²) in [4.78, 5) is 10.2. The Morgan fingerprint density at radius 3 is 2.53 bits per heavy atom. The minimum Gasteiger partial charge on any atom is -0.481 e. The van der Waals surface area contributed by atoms with E-state index in [1.807, 2.05) is 30.3 Å². The minimum absolute atomic E-state index is 0. The Bertz CT molecular complexity index is 340. The van der Waals surface area contributed by atoms with Crippen LogP contribution in [-0.4, -0.2) is 36.9 Å². The van der Waals surface area contributed by atoms with Crippen molar-refractivity contribution in [3.63, 3.8) is 0 Å². The number of nitrogens with one attached hydrogen (secondary N) is 1. The molecule has 0 amide bonds. The molecule has 1 aromatic rings. The molecule has 0 saturated carbocycles. The van der Waals surface area contributed by atoms with Crippen LogP contribution in [0.15, 0.2) is 30.3 Å². The Hall–Kier alpha value is -1.10. The van der Waals surface area contributed by atoms with E-state index in [0.29, 0.717) is 12.5 Å². The van der Waals surface area contributed by atoms with Crippen molar-refractivity contribution >= 4 is 18.4 Å². The van der Waals surface area contributed by atoms with Gasteiger partial charge < -0.3 is 15.2 Å². The highest BCUT2D eigenvalue weighted by molar-refractivity contribution is 5.85. The molecule has 1 aromatic carbocycles. The van der Waals surface area contributed by atoms with Crippen LogP contribution in [0.4, 0.5) is 0 Å². The van der Waals surface area contributed by atoms with Gasteiger partial charge >= 0.3 is 5.97 Å². The van der Waals surface area contributed by atoms with E-state index >= 15 is 0 Å². The molecule has 0 aromatic heterocycles. The molecule has 1 unspecified atom stereocenters. The van der Waals surface area contributed by atoms with Gasteiger partial charge in [0.25, 0.3) is 0 Å². The van der Waals surface area contributed by atoms with Crippen molar-refractivity contribution in [3.05, 3.63) is 35.9 Å². The highest BCUT2D eigenvalue weighted by Crippen LogP contribution is 2.01. The van der Waals surface area contributed by atoms with Gasteiger partial charge in [0, 0.05) is 19.5 Å². The summed E-state index contributed by atoms with van der Waals surface area (Å²) < 4.78 is 5.22. The highest BCUT2D eigenvalue weighted by Gasteiger charge is 2.04. The number of morpholine rings is 1. The standard InChI is InChI=1S/C9H10O2.C5H11NO.ClH/c10-9(11)7-6-8-4-2-1-3-5-8;1-5-4-6-2-3-7-5;/h1-5H,6-7H2,(H,10,11);5-6H,2-4H2,1H3;1H. The third kappa shape index (κ3) is 9.47. The first-order valence-electron chi connectivity index (χ1n) is 6.26. The van der Waals surface area contributed by atoms with Gasteiger partial charge in [-0.25, -0.2) is 0 Å². The normalized spacial score (nSPS) is 17.6. The molecule has 5 heteroatoms. The lowest BCUT2D eigenvalue weighted by Crippen LogP contribution is -2.36. The number of rotatable bonds is 3. The summed E-state index contributed by atoms with van der Waals surface area (Å²) in [6.45, 7) is 4.98. The predicted octanol–water partition coefficient (Wildman–Crippen LogP) is 2.12. The van der Waals surface area contributed by atoms with E-state index in [-0.39, 0.29) is 18.8 Å². The maximum atomic E-state index is 10.2. The molecule has 4 nitrogen and oxygen atoms in total. The summed E-state index contributed by atoms with van der Waals surface area (Å²) in [6.07, 6.45) is 1.26. The van der Waals surface area contributed by atoms with Crippen LogP contribution in [-0.2, 0) is 16.0 Å². The van der Waals surface area contributed by atoms with Crippen LogP contribution >= 0.6 is 12.4 Å². The van der Waals surface area contributed by atoms with Gasteiger partial charge in [0.05, 0.1) is 12.7 Å². The summed E-state index contributed by atoms with van der Waals surface area (Å²) in [6, 6.07) is 9.62. The molecule has 0 aliphatic carbocycles. The van der Waals surface area contributed by atoms with E-state index in [4.69, 9.17) is 9.84 Å². The van der Waals surface area contributed by atoms with Crippen molar-refractivity contribution < 1.29 is 14.6 Å². The average molecular weight is 288 g/mol. The SMILES string of the molecule is CC1CNCCO1.Cl.O=C(O)CCc1ccccc1. The van der Waals surface area contributed by atoms with E-state index in [9.17, 15) is 4.79 Å². The zero-order valence-corrected chi connectivity index (χ0v) is 12.0. The van der Waals surface area contributed by atoms with Crippen LogP contribution in [0.2, 0.25) is 0 Å². The summed E-state index contributed by atoms with van der Waals surface area (Å²) in [7, 11) is 0. The molecule has 0 spiro atoms. The number of carboxylic acid groups (broad SMARTS) is 1. The number of hydrogen-bond acceptors (Lipinski definition) is 3. The number of benzene rings is 1. The first-order valence-corrected chi connectivity index (χ1v) is 6.26. The maximum absolute atomic E-state index is 10.2. The van der Waals surface area contributed by atoms with Gasteiger partial charge in [-0.3, -0.25) is 4.79 Å². The molecule has 1 heterocycles. The van der Waals surface area contributed by atoms with Gasteiger partial charge in [-0.05, 0) is 18.9 Å². The number of aliphatic carboxylic acids is 1. The largest absolute Gasteiger partial charge is 0.481 e.